The van der Waals surface area contributed by atoms with E-state index in [9.17, 15) is 9.59 Å². The molecule has 9 nitrogen and oxygen atoms in total. The summed E-state index contributed by atoms with van der Waals surface area (Å²) in [5, 5.41) is 7.67. The van der Waals surface area contributed by atoms with Crippen molar-refractivity contribution in [2.45, 2.75) is 64.0 Å². The summed E-state index contributed by atoms with van der Waals surface area (Å²) in [6, 6.07) is 2.16. The van der Waals surface area contributed by atoms with E-state index in [1.807, 2.05) is 11.0 Å². The molecule has 34 heavy (non-hydrogen) atoms. The lowest BCUT2D eigenvalue weighted by molar-refractivity contribution is -0.132. The van der Waals surface area contributed by atoms with Crippen LogP contribution in [0.3, 0.4) is 0 Å². The van der Waals surface area contributed by atoms with E-state index in [1.165, 1.54) is 12.8 Å². The van der Waals surface area contributed by atoms with Gasteiger partial charge in [0.2, 0.25) is 5.91 Å². The fraction of sp³-hybridized carbons (Fsp3) is 0.680. The van der Waals surface area contributed by atoms with E-state index >= 15 is 0 Å². The number of nitrogens with one attached hydrogen (secondary N) is 1. The highest BCUT2D eigenvalue weighted by molar-refractivity contribution is 5.99. The predicted molar refractivity (Wildman–Crippen MR) is 130 cm³/mol. The van der Waals surface area contributed by atoms with Gasteiger partial charge in [-0.15, -0.1) is 0 Å². The number of rotatable bonds is 7. The Balaban J connectivity index is 1.26. The quantitative estimate of drug-likeness (QED) is 0.671. The summed E-state index contributed by atoms with van der Waals surface area (Å²) >= 11 is 0. The van der Waals surface area contributed by atoms with Crippen molar-refractivity contribution >= 4 is 17.5 Å². The van der Waals surface area contributed by atoms with Crippen molar-refractivity contribution in [3.05, 3.63) is 29.7 Å². The standard InChI is InChI=1S/C25H37N7O2/c1-2-29-14-16-30(17-15-29)13-10-23(33)31-12-5-8-21(31)22-9-11-26-24-20(18-27-32(22)24)25(34)28-19-6-3-4-7-19/h9,11,18-19,21H,2-8,10,12-17H2,1H3,(H,28,34)/t21-/m1/s1. The van der Waals surface area contributed by atoms with Crippen LogP contribution in [-0.2, 0) is 4.79 Å². The van der Waals surface area contributed by atoms with Gasteiger partial charge in [-0.05, 0) is 38.3 Å². The topological polar surface area (TPSA) is 86.1 Å². The number of nitrogens with zero attached hydrogens (tertiary/aromatic N) is 6. The molecule has 184 valence electrons. The van der Waals surface area contributed by atoms with Gasteiger partial charge in [-0.1, -0.05) is 19.8 Å². The number of aromatic nitrogens is 3. The van der Waals surface area contributed by atoms with Crippen LogP contribution in [0.5, 0.6) is 0 Å². The first kappa shape index (κ1) is 23.2. The molecule has 2 aliphatic heterocycles. The van der Waals surface area contributed by atoms with E-state index in [4.69, 9.17) is 0 Å². The average Bonchev–Trinajstić information content (AvgIpc) is 3.63. The molecule has 1 saturated carbocycles. The molecule has 2 aromatic rings. The normalized spacial score (nSPS) is 22.6. The Morgan fingerprint density at radius 2 is 1.79 bits per heavy atom. The Morgan fingerprint density at radius 1 is 1.03 bits per heavy atom. The van der Waals surface area contributed by atoms with Crippen molar-refractivity contribution in [2.24, 2.45) is 0 Å². The monoisotopic (exact) mass is 467 g/mol. The van der Waals surface area contributed by atoms with Crippen LogP contribution < -0.4 is 5.32 Å². The molecule has 1 N–H and O–H groups in total. The molecule has 2 saturated heterocycles. The summed E-state index contributed by atoms with van der Waals surface area (Å²) < 4.78 is 1.77. The highest BCUT2D eigenvalue weighted by atomic mass is 16.2. The molecule has 0 spiro atoms. The number of hydrogen-bond donors (Lipinski definition) is 1. The number of likely N-dealkylation sites (N-methyl/N-ethyl adjacent to an activating group) is 1. The summed E-state index contributed by atoms with van der Waals surface area (Å²) in [6.45, 7) is 9.13. The maximum Gasteiger partial charge on any atom is 0.256 e. The number of carbonyl (C=O) groups excluding carboxylic acids is 2. The molecule has 5 rings (SSSR count). The Kier molecular flexibility index (Phi) is 7.10. The molecule has 2 amide bonds. The van der Waals surface area contributed by atoms with Gasteiger partial charge >= 0.3 is 0 Å². The lowest BCUT2D eigenvalue weighted by atomic mass is 10.1. The van der Waals surface area contributed by atoms with Crippen LogP contribution in [-0.4, -0.2) is 93.0 Å². The summed E-state index contributed by atoms with van der Waals surface area (Å²) in [5.74, 6) is 0.103. The van der Waals surface area contributed by atoms with Crippen molar-refractivity contribution < 1.29 is 9.59 Å². The lowest BCUT2D eigenvalue weighted by Gasteiger charge is -2.34. The van der Waals surface area contributed by atoms with E-state index in [-0.39, 0.29) is 23.9 Å². The Hall–Kier alpha value is -2.52. The predicted octanol–water partition coefficient (Wildman–Crippen LogP) is 2.09. The van der Waals surface area contributed by atoms with Gasteiger partial charge in [-0.25, -0.2) is 9.50 Å². The summed E-state index contributed by atoms with van der Waals surface area (Å²) in [5.41, 5.74) is 2.02. The zero-order valence-electron chi connectivity index (χ0n) is 20.3. The molecule has 0 radical (unpaired) electrons. The highest BCUT2D eigenvalue weighted by Crippen LogP contribution is 2.32. The van der Waals surface area contributed by atoms with E-state index in [1.54, 1.807) is 16.9 Å². The van der Waals surface area contributed by atoms with Crippen LogP contribution in [0.4, 0.5) is 0 Å². The molecular weight excluding hydrogens is 430 g/mol. The third kappa shape index (κ3) is 4.81. The van der Waals surface area contributed by atoms with Gasteiger partial charge in [0.1, 0.15) is 5.56 Å². The average molecular weight is 468 g/mol. The van der Waals surface area contributed by atoms with Crippen LogP contribution in [0.15, 0.2) is 18.5 Å². The number of carbonyl (C=O) groups is 2. The van der Waals surface area contributed by atoms with E-state index in [0.29, 0.717) is 17.6 Å². The van der Waals surface area contributed by atoms with Crippen LogP contribution in [0.2, 0.25) is 0 Å². The highest BCUT2D eigenvalue weighted by Gasteiger charge is 2.32. The number of fused-ring (bicyclic) bond motifs is 1. The fourth-order valence-electron chi connectivity index (χ4n) is 5.75. The van der Waals surface area contributed by atoms with Crippen molar-refractivity contribution in [3.63, 3.8) is 0 Å². The third-order valence-corrected chi connectivity index (χ3v) is 7.83. The molecule has 0 bridgehead atoms. The second-order valence-corrected chi connectivity index (χ2v) is 9.89. The zero-order valence-corrected chi connectivity index (χ0v) is 20.3. The molecule has 0 unspecified atom stereocenters. The van der Waals surface area contributed by atoms with Gasteiger partial charge in [0.15, 0.2) is 5.65 Å². The fourth-order valence-corrected chi connectivity index (χ4v) is 5.75. The number of amides is 2. The Bertz CT molecular complexity index is 1010. The van der Waals surface area contributed by atoms with Crippen LogP contribution in [0.1, 0.15) is 74.0 Å². The first-order valence-electron chi connectivity index (χ1n) is 13.0. The number of piperazine rings is 1. The third-order valence-electron chi connectivity index (χ3n) is 7.83. The smallest absolute Gasteiger partial charge is 0.256 e. The first-order valence-corrected chi connectivity index (χ1v) is 13.0. The zero-order chi connectivity index (χ0) is 23.5. The van der Waals surface area contributed by atoms with Gasteiger partial charge in [0, 0.05) is 57.9 Å². The van der Waals surface area contributed by atoms with E-state index in [0.717, 1.165) is 77.2 Å². The van der Waals surface area contributed by atoms with Crippen molar-refractivity contribution in [1.82, 2.24) is 34.6 Å². The minimum absolute atomic E-state index is 0.0272. The largest absolute Gasteiger partial charge is 0.349 e. The molecular formula is C25H37N7O2. The summed E-state index contributed by atoms with van der Waals surface area (Å²) in [4.78, 5) is 37.4. The van der Waals surface area contributed by atoms with E-state index < -0.39 is 0 Å². The molecule has 9 heteroatoms. The molecule has 3 aliphatic rings. The molecule has 0 aromatic carbocycles. The minimum atomic E-state index is -0.103. The van der Waals surface area contributed by atoms with Crippen molar-refractivity contribution in [1.29, 1.82) is 0 Å². The number of likely N-dealkylation sites (tertiary alicyclic amines) is 1. The van der Waals surface area contributed by atoms with Gasteiger partial charge in [0.05, 0.1) is 17.9 Å². The van der Waals surface area contributed by atoms with E-state index in [2.05, 4.69) is 32.1 Å². The first-order chi connectivity index (χ1) is 16.6. The summed E-state index contributed by atoms with van der Waals surface area (Å²) in [6.07, 6.45) is 10.2. The van der Waals surface area contributed by atoms with Crippen LogP contribution in [0.25, 0.3) is 5.65 Å². The van der Waals surface area contributed by atoms with Crippen LogP contribution >= 0.6 is 0 Å². The second-order valence-electron chi connectivity index (χ2n) is 9.89. The van der Waals surface area contributed by atoms with Gasteiger partial charge in [-0.2, -0.15) is 5.10 Å². The van der Waals surface area contributed by atoms with Gasteiger partial charge in [-0.3, -0.25) is 9.59 Å². The molecule has 3 fully saturated rings. The SMILES string of the molecule is CCN1CCN(CCC(=O)N2CCC[C@@H]2c2ccnc3c(C(=O)NC4CCCC4)cnn23)CC1. The van der Waals surface area contributed by atoms with Crippen molar-refractivity contribution in [2.75, 3.05) is 45.8 Å². The molecule has 2 aromatic heterocycles. The summed E-state index contributed by atoms with van der Waals surface area (Å²) in [7, 11) is 0. The number of hydrogen-bond acceptors (Lipinski definition) is 6. The maximum absolute atomic E-state index is 13.2. The van der Waals surface area contributed by atoms with Crippen LogP contribution in [0, 0.1) is 0 Å². The molecule has 1 atom stereocenters. The Morgan fingerprint density at radius 3 is 2.56 bits per heavy atom. The van der Waals surface area contributed by atoms with Gasteiger partial charge in [0.25, 0.3) is 5.91 Å². The second kappa shape index (κ2) is 10.4. The molecule has 4 heterocycles. The van der Waals surface area contributed by atoms with Crippen molar-refractivity contribution in [3.8, 4) is 0 Å². The molecule has 1 aliphatic carbocycles. The maximum atomic E-state index is 13.2. The lowest BCUT2D eigenvalue weighted by Crippen LogP contribution is -2.47. The van der Waals surface area contributed by atoms with Gasteiger partial charge < -0.3 is 20.0 Å². The Labute approximate surface area is 201 Å². The minimum Gasteiger partial charge on any atom is -0.349 e.